The summed E-state index contributed by atoms with van der Waals surface area (Å²) in [7, 11) is 0. The van der Waals surface area contributed by atoms with Crippen molar-refractivity contribution < 1.29 is 4.79 Å². The molecule has 0 N–H and O–H groups in total. The minimum absolute atomic E-state index is 0.0565. The molecule has 6 nitrogen and oxygen atoms in total. The van der Waals surface area contributed by atoms with E-state index in [1.165, 1.54) is 17.6 Å². The highest BCUT2D eigenvalue weighted by molar-refractivity contribution is 6.06. The fourth-order valence-electron chi connectivity index (χ4n) is 4.47. The molecule has 1 saturated heterocycles. The molecule has 1 atom stereocenters. The molecule has 1 aromatic heterocycles. The van der Waals surface area contributed by atoms with Gasteiger partial charge in [0.15, 0.2) is 0 Å². The van der Waals surface area contributed by atoms with Gasteiger partial charge in [-0.2, -0.15) is 0 Å². The van der Waals surface area contributed by atoms with Crippen LogP contribution in [0.1, 0.15) is 23.0 Å². The summed E-state index contributed by atoms with van der Waals surface area (Å²) in [6.07, 6.45) is 2.39. The Kier molecular flexibility index (Phi) is 4.83. The molecule has 3 aromatic rings. The standard InChI is InChI=1S/C24H25N5O/c1-18-15-19-7-5-6-10-22(19)29(18)24(30)21-16-23(26-17-25-21)28-13-11-27(12-14-28)20-8-3-2-4-9-20/h2-10,16-18H,11-15H2,1H3. The molecule has 0 aliphatic carbocycles. The summed E-state index contributed by atoms with van der Waals surface area (Å²) in [4.78, 5) is 28.6. The van der Waals surface area contributed by atoms with E-state index in [2.05, 4.69) is 57.0 Å². The number of fused-ring (bicyclic) bond motifs is 1. The first-order chi connectivity index (χ1) is 14.7. The van der Waals surface area contributed by atoms with E-state index in [9.17, 15) is 4.79 Å². The Morgan fingerprint density at radius 1 is 0.900 bits per heavy atom. The second-order valence-electron chi connectivity index (χ2n) is 7.93. The Balaban J connectivity index is 1.32. The average Bonchev–Trinajstić information content (AvgIpc) is 3.15. The van der Waals surface area contributed by atoms with E-state index in [0.717, 1.165) is 44.1 Å². The fourth-order valence-corrected chi connectivity index (χ4v) is 4.47. The van der Waals surface area contributed by atoms with Crippen LogP contribution >= 0.6 is 0 Å². The Morgan fingerprint density at radius 3 is 2.40 bits per heavy atom. The van der Waals surface area contributed by atoms with Crippen molar-refractivity contribution in [3.05, 3.63) is 78.2 Å². The van der Waals surface area contributed by atoms with Gasteiger partial charge in [-0.15, -0.1) is 0 Å². The maximum absolute atomic E-state index is 13.3. The van der Waals surface area contributed by atoms with Gasteiger partial charge in [0.25, 0.3) is 5.91 Å². The fraction of sp³-hybridized carbons (Fsp3) is 0.292. The summed E-state index contributed by atoms with van der Waals surface area (Å²) in [5.41, 5.74) is 3.91. The van der Waals surface area contributed by atoms with Crippen molar-refractivity contribution in [3.8, 4) is 0 Å². The number of carbonyl (C=O) groups excluding carboxylic acids is 1. The van der Waals surface area contributed by atoms with Crippen LogP contribution in [0, 0.1) is 0 Å². The van der Waals surface area contributed by atoms with Crippen molar-refractivity contribution in [1.82, 2.24) is 9.97 Å². The highest BCUT2D eigenvalue weighted by Gasteiger charge is 2.32. The smallest absolute Gasteiger partial charge is 0.277 e. The Morgan fingerprint density at radius 2 is 1.60 bits per heavy atom. The molecule has 2 aliphatic rings. The lowest BCUT2D eigenvalue weighted by molar-refractivity contribution is 0.0976. The molecule has 0 bridgehead atoms. The van der Waals surface area contributed by atoms with Gasteiger partial charge >= 0.3 is 0 Å². The summed E-state index contributed by atoms with van der Waals surface area (Å²) >= 11 is 0. The van der Waals surface area contributed by atoms with Crippen LogP contribution in [-0.4, -0.2) is 48.1 Å². The van der Waals surface area contributed by atoms with Crippen molar-refractivity contribution in [2.24, 2.45) is 0 Å². The van der Waals surface area contributed by atoms with E-state index < -0.39 is 0 Å². The number of anilines is 3. The number of benzene rings is 2. The lowest BCUT2D eigenvalue weighted by Crippen LogP contribution is -2.47. The number of hydrogen-bond donors (Lipinski definition) is 0. The number of nitrogens with zero attached hydrogens (tertiary/aromatic N) is 5. The molecule has 6 heteroatoms. The maximum Gasteiger partial charge on any atom is 0.277 e. The first-order valence-electron chi connectivity index (χ1n) is 10.5. The summed E-state index contributed by atoms with van der Waals surface area (Å²) in [5.74, 6) is 0.764. The van der Waals surface area contributed by atoms with E-state index >= 15 is 0 Å². The monoisotopic (exact) mass is 399 g/mol. The van der Waals surface area contributed by atoms with Gasteiger partial charge in [0, 0.05) is 49.7 Å². The predicted molar refractivity (Wildman–Crippen MR) is 119 cm³/mol. The Bertz CT molecular complexity index is 1050. The van der Waals surface area contributed by atoms with Gasteiger partial charge in [0.05, 0.1) is 0 Å². The minimum atomic E-state index is -0.0565. The molecule has 0 spiro atoms. The Hall–Kier alpha value is -3.41. The highest BCUT2D eigenvalue weighted by Crippen LogP contribution is 2.33. The zero-order valence-corrected chi connectivity index (χ0v) is 17.1. The first kappa shape index (κ1) is 18.6. The van der Waals surface area contributed by atoms with Gasteiger partial charge in [0.1, 0.15) is 17.8 Å². The zero-order chi connectivity index (χ0) is 20.5. The predicted octanol–water partition coefficient (Wildman–Crippen LogP) is 3.39. The second-order valence-corrected chi connectivity index (χ2v) is 7.93. The van der Waals surface area contributed by atoms with Crippen LogP contribution in [0.4, 0.5) is 17.2 Å². The molecule has 1 amide bonds. The van der Waals surface area contributed by atoms with Crippen LogP contribution < -0.4 is 14.7 Å². The third-order valence-electron chi connectivity index (χ3n) is 6.02. The quantitative estimate of drug-likeness (QED) is 0.676. The number of piperazine rings is 1. The van der Waals surface area contributed by atoms with Crippen molar-refractivity contribution in [3.63, 3.8) is 0 Å². The molecule has 1 unspecified atom stereocenters. The topological polar surface area (TPSA) is 52.6 Å². The second kappa shape index (κ2) is 7.78. The van der Waals surface area contributed by atoms with Crippen molar-refractivity contribution in [2.75, 3.05) is 40.9 Å². The third kappa shape index (κ3) is 3.38. The van der Waals surface area contributed by atoms with E-state index in [0.29, 0.717) is 5.69 Å². The number of carbonyl (C=O) groups is 1. The van der Waals surface area contributed by atoms with Crippen molar-refractivity contribution in [1.29, 1.82) is 0 Å². The molecule has 30 heavy (non-hydrogen) atoms. The van der Waals surface area contributed by atoms with Crippen molar-refractivity contribution >= 4 is 23.1 Å². The summed E-state index contributed by atoms with van der Waals surface area (Å²) < 4.78 is 0. The number of para-hydroxylation sites is 2. The molecule has 1 fully saturated rings. The van der Waals surface area contributed by atoms with Crippen LogP contribution in [0.15, 0.2) is 67.0 Å². The molecular formula is C24H25N5O. The molecule has 3 heterocycles. The zero-order valence-electron chi connectivity index (χ0n) is 17.1. The van der Waals surface area contributed by atoms with E-state index in [1.807, 2.05) is 35.2 Å². The summed E-state index contributed by atoms with van der Waals surface area (Å²) in [6, 6.07) is 20.6. The van der Waals surface area contributed by atoms with E-state index in [4.69, 9.17) is 0 Å². The van der Waals surface area contributed by atoms with Crippen LogP contribution in [0.2, 0.25) is 0 Å². The van der Waals surface area contributed by atoms with Crippen LogP contribution in [0.3, 0.4) is 0 Å². The third-order valence-corrected chi connectivity index (χ3v) is 6.02. The SMILES string of the molecule is CC1Cc2ccccc2N1C(=O)c1cc(N2CCN(c3ccccc3)CC2)ncn1. The van der Waals surface area contributed by atoms with Gasteiger partial charge in [-0.1, -0.05) is 36.4 Å². The first-order valence-corrected chi connectivity index (χ1v) is 10.5. The molecule has 0 radical (unpaired) electrons. The van der Waals surface area contributed by atoms with Gasteiger partial charge < -0.3 is 14.7 Å². The lowest BCUT2D eigenvalue weighted by Gasteiger charge is -2.36. The molecule has 5 rings (SSSR count). The van der Waals surface area contributed by atoms with Crippen LogP contribution in [-0.2, 0) is 6.42 Å². The summed E-state index contributed by atoms with van der Waals surface area (Å²) in [5, 5.41) is 0. The van der Waals surface area contributed by atoms with E-state index in [1.54, 1.807) is 0 Å². The molecule has 0 saturated carbocycles. The highest BCUT2D eigenvalue weighted by atomic mass is 16.2. The molecule has 152 valence electrons. The lowest BCUT2D eigenvalue weighted by atomic mass is 10.1. The largest absolute Gasteiger partial charge is 0.368 e. The van der Waals surface area contributed by atoms with E-state index in [-0.39, 0.29) is 11.9 Å². The normalized spacial score (nSPS) is 18.4. The minimum Gasteiger partial charge on any atom is -0.368 e. The van der Waals surface area contributed by atoms with Crippen molar-refractivity contribution in [2.45, 2.75) is 19.4 Å². The number of aromatic nitrogens is 2. The van der Waals surface area contributed by atoms with Crippen LogP contribution in [0.25, 0.3) is 0 Å². The Labute approximate surface area is 176 Å². The average molecular weight is 399 g/mol. The number of amides is 1. The molecular weight excluding hydrogens is 374 g/mol. The summed E-state index contributed by atoms with van der Waals surface area (Å²) in [6.45, 7) is 5.66. The van der Waals surface area contributed by atoms with Gasteiger partial charge in [-0.3, -0.25) is 4.79 Å². The number of rotatable bonds is 3. The van der Waals surface area contributed by atoms with Gasteiger partial charge in [-0.25, -0.2) is 9.97 Å². The van der Waals surface area contributed by atoms with Gasteiger partial charge in [-0.05, 0) is 37.1 Å². The maximum atomic E-state index is 13.3. The molecule has 2 aromatic carbocycles. The van der Waals surface area contributed by atoms with Crippen LogP contribution in [0.5, 0.6) is 0 Å². The number of hydrogen-bond acceptors (Lipinski definition) is 5. The van der Waals surface area contributed by atoms with Gasteiger partial charge in [0.2, 0.25) is 0 Å². The molecule has 2 aliphatic heterocycles.